The Morgan fingerprint density at radius 3 is 2.43 bits per heavy atom. The lowest BCUT2D eigenvalue weighted by molar-refractivity contribution is -0.124. The molecule has 1 saturated heterocycles. The summed E-state index contributed by atoms with van der Waals surface area (Å²) >= 11 is 0. The monoisotopic (exact) mass is 382 g/mol. The molecule has 150 valence electrons. The zero-order valence-corrected chi connectivity index (χ0v) is 16.4. The zero-order valence-electron chi connectivity index (χ0n) is 16.4. The van der Waals surface area contributed by atoms with Crippen LogP contribution in [-0.4, -0.2) is 31.1 Å². The second kappa shape index (κ2) is 7.18. The quantitative estimate of drug-likeness (QED) is 0.815. The van der Waals surface area contributed by atoms with Gasteiger partial charge in [0.1, 0.15) is 6.10 Å². The first-order valence-electron chi connectivity index (χ1n) is 10.9. The van der Waals surface area contributed by atoms with Crippen LogP contribution >= 0.6 is 0 Å². The molecule has 28 heavy (non-hydrogen) atoms. The summed E-state index contributed by atoms with van der Waals surface area (Å²) in [5.41, 5.74) is 1.59. The van der Waals surface area contributed by atoms with Gasteiger partial charge >= 0.3 is 0 Å². The molecule has 5 aliphatic rings. The molecule has 1 aliphatic heterocycles. The number of ether oxygens (including phenoxy) is 1. The van der Waals surface area contributed by atoms with Crippen LogP contribution in [0.25, 0.3) is 0 Å². The van der Waals surface area contributed by atoms with Crippen molar-refractivity contribution in [2.75, 3.05) is 18.5 Å². The lowest BCUT2D eigenvalue weighted by Crippen LogP contribution is -2.51. The molecular formula is C23H30N2O3. The van der Waals surface area contributed by atoms with Crippen molar-refractivity contribution >= 4 is 17.5 Å². The second-order valence-corrected chi connectivity index (χ2v) is 9.67. The van der Waals surface area contributed by atoms with E-state index >= 15 is 0 Å². The minimum atomic E-state index is -0.367. The van der Waals surface area contributed by atoms with Gasteiger partial charge in [0.05, 0.1) is 0 Å². The molecule has 2 N–H and O–H groups in total. The number of benzene rings is 1. The Hall–Kier alpha value is -1.88. The van der Waals surface area contributed by atoms with E-state index in [9.17, 15) is 9.59 Å². The van der Waals surface area contributed by atoms with E-state index in [1.165, 1.54) is 38.5 Å². The molecule has 0 aromatic heterocycles. The van der Waals surface area contributed by atoms with Crippen molar-refractivity contribution in [3.63, 3.8) is 0 Å². The fourth-order valence-electron chi connectivity index (χ4n) is 6.62. The number of hydrogen-bond donors (Lipinski definition) is 2. The predicted octanol–water partition coefficient (Wildman–Crippen LogP) is 3.75. The highest BCUT2D eigenvalue weighted by molar-refractivity contribution is 5.98. The van der Waals surface area contributed by atoms with E-state index in [1.807, 2.05) is 18.2 Å². The number of anilines is 1. The Morgan fingerprint density at radius 2 is 1.79 bits per heavy atom. The highest BCUT2D eigenvalue weighted by Crippen LogP contribution is 2.59. The van der Waals surface area contributed by atoms with Gasteiger partial charge in [0.15, 0.2) is 0 Å². The third kappa shape index (κ3) is 3.57. The number of hydrogen-bond acceptors (Lipinski definition) is 3. The molecule has 4 saturated carbocycles. The maximum absolute atomic E-state index is 12.8. The lowest BCUT2D eigenvalue weighted by atomic mass is 9.49. The molecule has 4 aliphatic carbocycles. The van der Waals surface area contributed by atoms with E-state index in [0.29, 0.717) is 23.3 Å². The van der Waals surface area contributed by atoms with Crippen LogP contribution in [0.3, 0.4) is 0 Å². The van der Waals surface area contributed by atoms with Gasteiger partial charge in [-0.05, 0) is 92.7 Å². The third-order valence-electron chi connectivity index (χ3n) is 7.40. The van der Waals surface area contributed by atoms with E-state index in [1.54, 1.807) is 6.07 Å². The van der Waals surface area contributed by atoms with Gasteiger partial charge < -0.3 is 15.4 Å². The Morgan fingerprint density at radius 1 is 1.07 bits per heavy atom. The summed E-state index contributed by atoms with van der Waals surface area (Å²) in [6.45, 7) is 1.44. The minimum absolute atomic E-state index is 0.0380. The summed E-state index contributed by atoms with van der Waals surface area (Å²) in [4.78, 5) is 25.0. The molecule has 4 bridgehead atoms. The van der Waals surface area contributed by atoms with Crippen molar-refractivity contribution < 1.29 is 14.3 Å². The first kappa shape index (κ1) is 18.2. The van der Waals surface area contributed by atoms with Gasteiger partial charge in [0.2, 0.25) is 0 Å². The summed E-state index contributed by atoms with van der Waals surface area (Å²) in [6, 6.07) is 7.23. The second-order valence-electron chi connectivity index (χ2n) is 9.67. The topological polar surface area (TPSA) is 67.4 Å². The molecule has 1 unspecified atom stereocenters. The average molecular weight is 383 g/mol. The fourth-order valence-corrected chi connectivity index (χ4v) is 6.62. The number of rotatable bonds is 5. The van der Waals surface area contributed by atoms with Gasteiger partial charge in [0, 0.05) is 24.4 Å². The standard InChI is InChI=1S/C23H30N2O3/c26-21(24-14-23-11-15-7-16(12-23)9-17(8-15)13-23)18-3-1-4-19(10-18)25-22(27)20-5-2-6-28-20/h1,3-4,10,15-17,20H,2,5-9,11-14H2,(H,24,26)(H,25,27). The normalized spacial score (nSPS) is 35.7. The number of carbonyl (C=O) groups is 2. The molecule has 1 aromatic rings. The van der Waals surface area contributed by atoms with Crippen LogP contribution in [0, 0.1) is 23.2 Å². The third-order valence-corrected chi connectivity index (χ3v) is 7.40. The van der Waals surface area contributed by atoms with Crippen molar-refractivity contribution in [3.05, 3.63) is 29.8 Å². The predicted molar refractivity (Wildman–Crippen MR) is 107 cm³/mol. The molecule has 6 rings (SSSR count). The molecule has 0 spiro atoms. The smallest absolute Gasteiger partial charge is 0.253 e. The van der Waals surface area contributed by atoms with Crippen molar-refractivity contribution in [3.8, 4) is 0 Å². The molecule has 1 aromatic carbocycles. The molecule has 5 fully saturated rings. The molecule has 5 nitrogen and oxygen atoms in total. The van der Waals surface area contributed by atoms with Crippen LogP contribution in [0.4, 0.5) is 5.69 Å². The Balaban J connectivity index is 1.20. The maximum Gasteiger partial charge on any atom is 0.253 e. The highest BCUT2D eigenvalue weighted by atomic mass is 16.5. The number of amides is 2. The Labute approximate surface area is 166 Å². The van der Waals surface area contributed by atoms with Crippen molar-refractivity contribution in [2.24, 2.45) is 23.2 Å². The summed E-state index contributed by atoms with van der Waals surface area (Å²) in [7, 11) is 0. The molecule has 1 atom stereocenters. The summed E-state index contributed by atoms with van der Waals surface area (Å²) in [5.74, 6) is 2.51. The highest BCUT2D eigenvalue weighted by Gasteiger charge is 2.50. The van der Waals surface area contributed by atoms with Crippen LogP contribution < -0.4 is 10.6 Å². The largest absolute Gasteiger partial charge is 0.368 e. The van der Waals surface area contributed by atoms with Crippen molar-refractivity contribution in [1.29, 1.82) is 0 Å². The summed E-state index contributed by atoms with van der Waals surface area (Å²) < 4.78 is 5.43. The van der Waals surface area contributed by atoms with Crippen LogP contribution in [0.15, 0.2) is 24.3 Å². The van der Waals surface area contributed by atoms with Gasteiger partial charge in [-0.25, -0.2) is 0 Å². The van der Waals surface area contributed by atoms with Gasteiger partial charge in [-0.15, -0.1) is 0 Å². The van der Waals surface area contributed by atoms with Crippen LogP contribution in [-0.2, 0) is 9.53 Å². The van der Waals surface area contributed by atoms with E-state index in [4.69, 9.17) is 4.74 Å². The van der Waals surface area contributed by atoms with Gasteiger partial charge in [0.25, 0.3) is 11.8 Å². The van der Waals surface area contributed by atoms with Crippen molar-refractivity contribution in [1.82, 2.24) is 5.32 Å². The van der Waals surface area contributed by atoms with E-state index < -0.39 is 0 Å². The first-order valence-corrected chi connectivity index (χ1v) is 10.9. The Kier molecular flexibility index (Phi) is 4.66. The van der Waals surface area contributed by atoms with Gasteiger partial charge in [-0.2, -0.15) is 0 Å². The van der Waals surface area contributed by atoms with E-state index in [2.05, 4.69) is 10.6 Å². The molecule has 1 heterocycles. The van der Waals surface area contributed by atoms with Gasteiger partial charge in [-0.3, -0.25) is 9.59 Å². The maximum atomic E-state index is 12.8. The minimum Gasteiger partial charge on any atom is -0.368 e. The molecule has 2 amide bonds. The molecular weight excluding hydrogens is 352 g/mol. The fraction of sp³-hybridized carbons (Fsp3) is 0.652. The van der Waals surface area contributed by atoms with Crippen LogP contribution in [0.5, 0.6) is 0 Å². The van der Waals surface area contributed by atoms with Crippen LogP contribution in [0.1, 0.15) is 61.7 Å². The van der Waals surface area contributed by atoms with Crippen LogP contribution in [0.2, 0.25) is 0 Å². The zero-order chi connectivity index (χ0) is 19.1. The summed E-state index contributed by atoms with van der Waals surface area (Å²) in [5, 5.41) is 6.10. The number of carbonyl (C=O) groups excluding carboxylic acids is 2. The van der Waals surface area contributed by atoms with Gasteiger partial charge in [-0.1, -0.05) is 6.07 Å². The Bertz CT molecular complexity index is 734. The van der Waals surface area contributed by atoms with Crippen molar-refractivity contribution in [2.45, 2.75) is 57.5 Å². The van der Waals surface area contributed by atoms with E-state index in [-0.39, 0.29) is 17.9 Å². The lowest BCUT2D eigenvalue weighted by Gasteiger charge is -2.56. The summed E-state index contributed by atoms with van der Waals surface area (Å²) in [6.07, 6.45) is 9.43. The first-order chi connectivity index (χ1) is 13.6. The molecule has 0 radical (unpaired) electrons. The van der Waals surface area contributed by atoms with E-state index in [0.717, 1.165) is 37.1 Å². The average Bonchev–Trinajstić information content (AvgIpc) is 3.20. The number of nitrogens with one attached hydrogen (secondary N) is 2. The molecule has 5 heteroatoms. The SMILES string of the molecule is O=C(NCC12CC3CC(CC(C3)C1)C2)c1cccc(NC(=O)C2CCCO2)c1.